The van der Waals surface area contributed by atoms with Gasteiger partial charge < -0.3 is 16.2 Å². The molecule has 1 heterocycles. The van der Waals surface area contributed by atoms with Crippen molar-refractivity contribution in [1.29, 1.82) is 0 Å². The summed E-state index contributed by atoms with van der Waals surface area (Å²) in [6.07, 6.45) is -0.458. The molecule has 74 valence electrons. The van der Waals surface area contributed by atoms with Gasteiger partial charge in [-0.1, -0.05) is 12.1 Å². The first-order valence-corrected chi connectivity index (χ1v) is 4.49. The van der Waals surface area contributed by atoms with E-state index < -0.39 is 6.10 Å². The van der Waals surface area contributed by atoms with Crippen LogP contribution in [-0.4, -0.2) is 17.1 Å². The Kier molecular flexibility index (Phi) is 2.13. The first-order chi connectivity index (χ1) is 6.66. The average molecular weight is 192 g/mol. The number of nitrogens with one attached hydrogen (secondary N) is 1. The van der Waals surface area contributed by atoms with Gasteiger partial charge in [0.1, 0.15) is 0 Å². The molecule has 2 rings (SSSR count). The van der Waals surface area contributed by atoms with Gasteiger partial charge in [0.05, 0.1) is 18.6 Å². The van der Waals surface area contributed by atoms with Crippen molar-refractivity contribution in [3.05, 3.63) is 29.8 Å². The van der Waals surface area contributed by atoms with Gasteiger partial charge in [-0.3, -0.25) is 4.79 Å². The minimum Gasteiger partial charge on any atom is -0.399 e. The number of benzene rings is 1. The number of rotatable bonds is 1. The highest BCUT2D eigenvalue weighted by atomic mass is 16.3. The van der Waals surface area contributed by atoms with Crippen molar-refractivity contribution in [3.8, 4) is 0 Å². The third-order valence-electron chi connectivity index (χ3n) is 2.39. The van der Waals surface area contributed by atoms with Crippen LogP contribution in [0.15, 0.2) is 24.3 Å². The lowest BCUT2D eigenvalue weighted by Gasteiger charge is -2.14. The van der Waals surface area contributed by atoms with E-state index in [0.29, 0.717) is 5.69 Å². The van der Waals surface area contributed by atoms with Gasteiger partial charge >= 0.3 is 0 Å². The first kappa shape index (κ1) is 9.02. The highest BCUT2D eigenvalue weighted by molar-refractivity contribution is 5.79. The zero-order valence-corrected chi connectivity index (χ0v) is 7.60. The molecule has 0 bridgehead atoms. The van der Waals surface area contributed by atoms with Crippen LogP contribution in [0.25, 0.3) is 0 Å². The van der Waals surface area contributed by atoms with Crippen LogP contribution in [0.1, 0.15) is 18.0 Å². The second-order valence-corrected chi connectivity index (χ2v) is 3.48. The number of hydrogen-bond acceptors (Lipinski definition) is 3. The SMILES string of the molecule is Nc1ccc(C2NC(=O)CC2O)cc1. The summed E-state index contributed by atoms with van der Waals surface area (Å²) in [5.41, 5.74) is 7.10. The number of aliphatic hydroxyl groups excluding tert-OH is 1. The fraction of sp³-hybridized carbons (Fsp3) is 0.300. The first-order valence-electron chi connectivity index (χ1n) is 4.49. The van der Waals surface area contributed by atoms with Crippen molar-refractivity contribution >= 4 is 11.6 Å². The Hall–Kier alpha value is -1.55. The van der Waals surface area contributed by atoms with Crippen LogP contribution >= 0.6 is 0 Å². The molecular weight excluding hydrogens is 180 g/mol. The van der Waals surface area contributed by atoms with Crippen LogP contribution in [0, 0.1) is 0 Å². The molecule has 0 radical (unpaired) electrons. The lowest BCUT2D eigenvalue weighted by molar-refractivity contribution is -0.119. The molecule has 0 aliphatic carbocycles. The second kappa shape index (κ2) is 3.31. The van der Waals surface area contributed by atoms with Gasteiger partial charge in [-0.25, -0.2) is 0 Å². The van der Waals surface area contributed by atoms with Crippen LogP contribution in [-0.2, 0) is 4.79 Å². The topological polar surface area (TPSA) is 75.3 Å². The Labute approximate surface area is 81.7 Å². The van der Waals surface area contributed by atoms with E-state index in [0.717, 1.165) is 5.56 Å². The molecule has 2 atom stereocenters. The summed E-state index contributed by atoms with van der Waals surface area (Å²) < 4.78 is 0. The van der Waals surface area contributed by atoms with Gasteiger partial charge in [0.15, 0.2) is 0 Å². The molecule has 1 aromatic carbocycles. The van der Waals surface area contributed by atoms with Crippen molar-refractivity contribution in [2.24, 2.45) is 0 Å². The summed E-state index contributed by atoms with van der Waals surface area (Å²) in [5, 5.41) is 12.3. The zero-order chi connectivity index (χ0) is 10.1. The lowest BCUT2D eigenvalue weighted by atomic mass is 10.0. The normalized spacial score (nSPS) is 26.2. The maximum absolute atomic E-state index is 11.0. The van der Waals surface area contributed by atoms with Gasteiger partial charge in [0, 0.05) is 5.69 Å². The minimum atomic E-state index is -0.633. The third-order valence-corrected chi connectivity index (χ3v) is 2.39. The van der Waals surface area contributed by atoms with Gasteiger partial charge in [0.25, 0.3) is 0 Å². The summed E-state index contributed by atoms with van der Waals surface area (Å²) in [5.74, 6) is -0.112. The maximum atomic E-state index is 11.0. The average Bonchev–Trinajstić information content (AvgIpc) is 2.47. The Morgan fingerprint density at radius 3 is 2.50 bits per heavy atom. The largest absolute Gasteiger partial charge is 0.399 e. The van der Waals surface area contributed by atoms with Gasteiger partial charge in [-0.15, -0.1) is 0 Å². The predicted molar refractivity (Wildman–Crippen MR) is 52.4 cm³/mol. The van der Waals surface area contributed by atoms with Crippen LogP contribution in [0.5, 0.6) is 0 Å². The summed E-state index contributed by atoms with van der Waals surface area (Å²) in [6.45, 7) is 0. The smallest absolute Gasteiger partial charge is 0.223 e. The van der Waals surface area contributed by atoms with Crippen LogP contribution in [0.4, 0.5) is 5.69 Å². The Morgan fingerprint density at radius 1 is 1.36 bits per heavy atom. The van der Waals surface area contributed by atoms with E-state index in [1.807, 2.05) is 12.1 Å². The van der Waals surface area contributed by atoms with Gasteiger partial charge in [-0.05, 0) is 17.7 Å². The molecule has 4 N–H and O–H groups in total. The molecule has 1 aliphatic heterocycles. The molecule has 1 saturated heterocycles. The van der Waals surface area contributed by atoms with Crippen molar-refractivity contribution < 1.29 is 9.90 Å². The summed E-state index contributed by atoms with van der Waals surface area (Å²) in [7, 11) is 0. The van der Waals surface area contributed by atoms with E-state index in [1.54, 1.807) is 12.1 Å². The van der Waals surface area contributed by atoms with E-state index in [9.17, 15) is 9.90 Å². The van der Waals surface area contributed by atoms with E-state index in [4.69, 9.17) is 5.73 Å². The summed E-state index contributed by atoms with van der Waals surface area (Å²) >= 11 is 0. The monoisotopic (exact) mass is 192 g/mol. The number of hydrogen-bond donors (Lipinski definition) is 3. The Balaban J connectivity index is 2.23. The molecule has 0 aromatic heterocycles. The van der Waals surface area contributed by atoms with Crippen molar-refractivity contribution in [1.82, 2.24) is 5.32 Å². The van der Waals surface area contributed by atoms with Crippen LogP contribution in [0.3, 0.4) is 0 Å². The summed E-state index contributed by atoms with van der Waals surface area (Å²) in [6, 6.07) is 6.85. The fourth-order valence-corrected chi connectivity index (χ4v) is 1.65. The van der Waals surface area contributed by atoms with E-state index >= 15 is 0 Å². The highest BCUT2D eigenvalue weighted by Crippen LogP contribution is 2.24. The molecule has 1 aliphatic rings. The maximum Gasteiger partial charge on any atom is 0.223 e. The van der Waals surface area contributed by atoms with Crippen molar-refractivity contribution in [3.63, 3.8) is 0 Å². The predicted octanol–water partition coefficient (Wildman–Crippen LogP) is 0.191. The molecule has 1 fully saturated rings. The van der Waals surface area contributed by atoms with Crippen molar-refractivity contribution in [2.75, 3.05) is 5.73 Å². The quantitative estimate of drug-likeness (QED) is 0.556. The number of amides is 1. The zero-order valence-electron chi connectivity index (χ0n) is 7.60. The summed E-state index contributed by atoms with van der Waals surface area (Å²) in [4.78, 5) is 11.0. The van der Waals surface area contributed by atoms with Crippen LogP contribution in [0.2, 0.25) is 0 Å². The highest BCUT2D eigenvalue weighted by Gasteiger charge is 2.31. The molecule has 14 heavy (non-hydrogen) atoms. The minimum absolute atomic E-state index is 0.112. The van der Waals surface area contributed by atoms with Crippen molar-refractivity contribution in [2.45, 2.75) is 18.6 Å². The molecular formula is C10H12N2O2. The van der Waals surface area contributed by atoms with Crippen LogP contribution < -0.4 is 11.1 Å². The third kappa shape index (κ3) is 1.56. The van der Waals surface area contributed by atoms with E-state index in [2.05, 4.69) is 5.32 Å². The number of nitrogens with two attached hydrogens (primary N) is 1. The van der Waals surface area contributed by atoms with Gasteiger partial charge in [0.2, 0.25) is 5.91 Å². The molecule has 1 aromatic rings. The number of nitrogen functional groups attached to an aromatic ring is 1. The standard InChI is InChI=1S/C10H12N2O2/c11-7-3-1-6(2-4-7)10-8(13)5-9(14)12-10/h1-4,8,10,13H,5,11H2,(H,12,14). The molecule has 4 nitrogen and oxygen atoms in total. The van der Waals surface area contributed by atoms with E-state index in [1.165, 1.54) is 0 Å². The molecule has 0 spiro atoms. The molecule has 0 saturated carbocycles. The number of aliphatic hydroxyl groups is 1. The number of anilines is 1. The Morgan fingerprint density at radius 2 is 2.00 bits per heavy atom. The van der Waals surface area contributed by atoms with Gasteiger partial charge in [-0.2, -0.15) is 0 Å². The second-order valence-electron chi connectivity index (χ2n) is 3.48. The molecule has 1 amide bonds. The Bertz CT molecular complexity index is 348. The lowest BCUT2D eigenvalue weighted by Crippen LogP contribution is -2.22. The number of carbonyl (C=O) groups excluding carboxylic acids is 1. The number of carbonyl (C=O) groups is 1. The van der Waals surface area contributed by atoms with E-state index in [-0.39, 0.29) is 18.4 Å². The molecule has 4 heteroatoms. The fourth-order valence-electron chi connectivity index (χ4n) is 1.65. The molecule has 2 unspecified atom stereocenters.